The fourth-order valence-electron chi connectivity index (χ4n) is 4.28. The van der Waals surface area contributed by atoms with Crippen LogP contribution in [0, 0.1) is 11.8 Å². The van der Waals surface area contributed by atoms with Crippen LogP contribution in [0.1, 0.15) is 47.1 Å². The van der Waals surface area contributed by atoms with Crippen LogP contribution in [0.4, 0.5) is 0 Å². The van der Waals surface area contributed by atoms with Gasteiger partial charge in [0.25, 0.3) is 0 Å². The normalized spacial score (nSPS) is 25.3. The fraction of sp³-hybridized carbons (Fsp3) is 0.739. The molecule has 0 aliphatic carbocycles. The third kappa shape index (κ3) is 5.67. The quantitative estimate of drug-likeness (QED) is 0.368. The minimum absolute atomic E-state index is 0.0522. The minimum atomic E-state index is -1.76. The summed E-state index contributed by atoms with van der Waals surface area (Å²) in [6.45, 7) is 14.6. The molecule has 1 aliphatic rings. The highest BCUT2D eigenvalue weighted by atomic mass is 28.4. The molecule has 1 aliphatic heterocycles. The molecule has 5 atom stereocenters. The average molecular weight is 409 g/mol. The first-order chi connectivity index (χ1) is 13.3. The standard InChI is InChI=1S/C23H40O4Si/c1-7-28(8-2,9-3)27-21(19(5)22-23(6,17-24)26-22)18(4)15-25-16-20-13-11-10-12-14-20/h10-14,18-19,21-22,24H,7-9,15-17H2,1-6H3/t18-,19-,21+,22-,23-/m1/s1. The van der Waals surface area contributed by atoms with Crippen LogP contribution in [0.15, 0.2) is 30.3 Å². The lowest BCUT2D eigenvalue weighted by atomic mass is 9.87. The Balaban J connectivity index is 2.05. The van der Waals surface area contributed by atoms with Gasteiger partial charge in [-0.3, -0.25) is 0 Å². The second-order valence-corrected chi connectivity index (χ2v) is 13.4. The Labute approximate surface area is 172 Å². The second kappa shape index (κ2) is 10.3. The summed E-state index contributed by atoms with van der Waals surface area (Å²) in [5.74, 6) is 0.492. The van der Waals surface area contributed by atoms with E-state index in [4.69, 9.17) is 13.9 Å². The van der Waals surface area contributed by atoms with Crippen LogP contribution >= 0.6 is 0 Å². The summed E-state index contributed by atoms with van der Waals surface area (Å²) in [6, 6.07) is 13.7. The van der Waals surface area contributed by atoms with Gasteiger partial charge in [-0.1, -0.05) is 65.0 Å². The SMILES string of the molecule is CC[Si](CC)(CC)O[C@H]([C@@H](C)[C@H]1O[C@]1(C)CO)[C@H](C)COCc1ccccc1. The molecule has 28 heavy (non-hydrogen) atoms. The van der Waals surface area contributed by atoms with E-state index in [1.165, 1.54) is 5.56 Å². The predicted molar refractivity (Wildman–Crippen MR) is 117 cm³/mol. The van der Waals surface area contributed by atoms with Crippen molar-refractivity contribution in [3.63, 3.8) is 0 Å². The van der Waals surface area contributed by atoms with Crippen molar-refractivity contribution in [3.05, 3.63) is 35.9 Å². The molecule has 4 nitrogen and oxygen atoms in total. The van der Waals surface area contributed by atoms with Crippen molar-refractivity contribution in [2.45, 2.75) is 84.1 Å². The Hall–Kier alpha value is -0.723. The van der Waals surface area contributed by atoms with E-state index < -0.39 is 13.9 Å². The molecule has 1 fully saturated rings. The van der Waals surface area contributed by atoms with Crippen molar-refractivity contribution in [1.82, 2.24) is 0 Å². The molecule has 1 N–H and O–H groups in total. The molecule has 0 aromatic heterocycles. The van der Waals surface area contributed by atoms with Crippen molar-refractivity contribution in [1.29, 1.82) is 0 Å². The molecule has 1 saturated heterocycles. The summed E-state index contributed by atoms with van der Waals surface area (Å²) in [5.41, 5.74) is 0.776. The monoisotopic (exact) mass is 408 g/mol. The number of benzene rings is 1. The number of rotatable bonds is 13. The third-order valence-electron chi connectivity index (χ3n) is 6.62. The van der Waals surface area contributed by atoms with Gasteiger partial charge in [-0.05, 0) is 30.6 Å². The number of epoxide rings is 1. The Morgan fingerprint density at radius 2 is 1.71 bits per heavy atom. The van der Waals surface area contributed by atoms with Crippen LogP contribution in [-0.2, 0) is 20.5 Å². The smallest absolute Gasteiger partial charge is 0.192 e. The molecule has 0 bridgehead atoms. The first kappa shape index (κ1) is 23.6. The number of hydrogen-bond donors (Lipinski definition) is 1. The molecule has 0 saturated carbocycles. The van der Waals surface area contributed by atoms with Gasteiger partial charge in [0.1, 0.15) is 5.60 Å². The van der Waals surface area contributed by atoms with Crippen molar-refractivity contribution in [2.24, 2.45) is 11.8 Å². The first-order valence-electron chi connectivity index (χ1n) is 10.9. The molecule has 1 heterocycles. The van der Waals surface area contributed by atoms with Gasteiger partial charge in [0.05, 0.1) is 32.0 Å². The van der Waals surface area contributed by atoms with Gasteiger partial charge in [0.15, 0.2) is 8.32 Å². The first-order valence-corrected chi connectivity index (χ1v) is 13.5. The van der Waals surface area contributed by atoms with Crippen LogP contribution in [-0.4, -0.2) is 44.4 Å². The van der Waals surface area contributed by atoms with Gasteiger partial charge in [0, 0.05) is 11.8 Å². The van der Waals surface area contributed by atoms with Gasteiger partial charge in [-0.2, -0.15) is 0 Å². The zero-order chi connectivity index (χ0) is 20.8. The number of hydrogen-bond acceptors (Lipinski definition) is 4. The van der Waals surface area contributed by atoms with E-state index in [-0.39, 0.29) is 30.7 Å². The molecule has 0 radical (unpaired) electrons. The van der Waals surface area contributed by atoms with Crippen LogP contribution < -0.4 is 0 Å². The van der Waals surface area contributed by atoms with E-state index in [1.54, 1.807) is 0 Å². The number of aliphatic hydroxyl groups is 1. The Morgan fingerprint density at radius 3 is 2.21 bits per heavy atom. The lowest BCUT2D eigenvalue weighted by Gasteiger charge is -2.39. The lowest BCUT2D eigenvalue weighted by molar-refractivity contribution is 0.00583. The van der Waals surface area contributed by atoms with E-state index in [0.29, 0.717) is 13.2 Å². The Kier molecular flexibility index (Phi) is 8.71. The summed E-state index contributed by atoms with van der Waals surface area (Å²) in [4.78, 5) is 0. The lowest BCUT2D eigenvalue weighted by Crippen LogP contribution is -2.47. The van der Waals surface area contributed by atoms with Gasteiger partial charge in [-0.25, -0.2) is 0 Å². The highest BCUT2D eigenvalue weighted by molar-refractivity contribution is 6.73. The molecule has 0 amide bonds. The van der Waals surface area contributed by atoms with E-state index in [9.17, 15) is 5.11 Å². The molecular formula is C23H40O4Si. The van der Waals surface area contributed by atoms with Gasteiger partial charge in [-0.15, -0.1) is 0 Å². The van der Waals surface area contributed by atoms with Crippen molar-refractivity contribution in [2.75, 3.05) is 13.2 Å². The summed E-state index contributed by atoms with van der Waals surface area (Å²) >= 11 is 0. The molecule has 5 heteroatoms. The van der Waals surface area contributed by atoms with E-state index in [0.717, 1.165) is 18.1 Å². The predicted octanol–water partition coefficient (Wildman–Crippen LogP) is 5.02. The van der Waals surface area contributed by atoms with E-state index in [1.807, 2.05) is 25.1 Å². The molecule has 160 valence electrons. The van der Waals surface area contributed by atoms with Crippen LogP contribution in [0.25, 0.3) is 0 Å². The fourth-order valence-corrected chi connectivity index (χ4v) is 7.31. The number of aliphatic hydroxyl groups excluding tert-OH is 1. The number of ether oxygens (including phenoxy) is 2. The van der Waals surface area contributed by atoms with E-state index in [2.05, 4.69) is 46.8 Å². The van der Waals surface area contributed by atoms with Gasteiger partial charge >= 0.3 is 0 Å². The average Bonchev–Trinajstić information content (AvgIpc) is 3.42. The van der Waals surface area contributed by atoms with Gasteiger partial charge < -0.3 is 19.0 Å². The van der Waals surface area contributed by atoms with E-state index >= 15 is 0 Å². The largest absolute Gasteiger partial charge is 0.413 e. The molecule has 0 unspecified atom stereocenters. The maximum Gasteiger partial charge on any atom is 0.192 e. The Bertz CT molecular complexity index is 569. The summed E-state index contributed by atoms with van der Waals surface area (Å²) in [5, 5.41) is 9.66. The summed E-state index contributed by atoms with van der Waals surface area (Å²) in [7, 11) is -1.76. The molecule has 1 aromatic rings. The third-order valence-corrected chi connectivity index (χ3v) is 11.3. The molecule has 1 aromatic carbocycles. The molecule has 0 spiro atoms. The topological polar surface area (TPSA) is 51.2 Å². The minimum Gasteiger partial charge on any atom is -0.413 e. The zero-order valence-corrected chi connectivity index (χ0v) is 19.6. The van der Waals surface area contributed by atoms with Crippen molar-refractivity contribution < 1.29 is 19.0 Å². The van der Waals surface area contributed by atoms with Crippen molar-refractivity contribution >= 4 is 8.32 Å². The second-order valence-electron chi connectivity index (χ2n) is 8.67. The van der Waals surface area contributed by atoms with Gasteiger partial charge in [0.2, 0.25) is 0 Å². The van der Waals surface area contributed by atoms with Crippen molar-refractivity contribution in [3.8, 4) is 0 Å². The molecular weight excluding hydrogens is 368 g/mol. The summed E-state index contributed by atoms with van der Waals surface area (Å²) < 4.78 is 18.9. The van der Waals surface area contributed by atoms with Crippen LogP contribution in [0.5, 0.6) is 0 Å². The molecule has 2 rings (SSSR count). The zero-order valence-electron chi connectivity index (χ0n) is 18.6. The maximum atomic E-state index is 9.66. The Morgan fingerprint density at radius 1 is 1.11 bits per heavy atom. The summed E-state index contributed by atoms with van der Waals surface area (Å²) in [6.07, 6.45) is 0.136. The highest BCUT2D eigenvalue weighted by Crippen LogP contribution is 2.44. The van der Waals surface area contributed by atoms with Crippen LogP contribution in [0.3, 0.4) is 0 Å². The maximum absolute atomic E-state index is 9.66. The van der Waals surface area contributed by atoms with Crippen LogP contribution in [0.2, 0.25) is 18.1 Å². The highest BCUT2D eigenvalue weighted by Gasteiger charge is 2.57.